The van der Waals surface area contributed by atoms with Gasteiger partial charge in [-0.2, -0.15) is 10.4 Å². The summed E-state index contributed by atoms with van der Waals surface area (Å²) in [7, 11) is 0. The van der Waals surface area contributed by atoms with Gasteiger partial charge in [-0.1, -0.05) is 24.3 Å². The molecule has 0 bridgehead atoms. The topological polar surface area (TPSA) is 121 Å². The van der Waals surface area contributed by atoms with Gasteiger partial charge in [0.1, 0.15) is 34.4 Å². The highest BCUT2D eigenvalue weighted by Crippen LogP contribution is 2.40. The van der Waals surface area contributed by atoms with Crippen molar-refractivity contribution in [2.75, 3.05) is 23.4 Å². The van der Waals surface area contributed by atoms with Crippen LogP contribution in [0.25, 0.3) is 5.52 Å². The number of benzene rings is 2. The van der Waals surface area contributed by atoms with Gasteiger partial charge in [-0.3, -0.25) is 0 Å². The number of carbonyl (C=O) groups excluding carboxylic acids is 2. The normalized spacial score (nSPS) is 14.6. The number of anilines is 3. The summed E-state index contributed by atoms with van der Waals surface area (Å²) in [4.78, 5) is 30.4. The third-order valence-electron chi connectivity index (χ3n) is 7.53. The second-order valence-corrected chi connectivity index (χ2v) is 13.4. The fraction of sp³-hybridized carbons (Fsp3) is 0.389. The summed E-state index contributed by atoms with van der Waals surface area (Å²) in [5.74, 6) is 1.06. The van der Waals surface area contributed by atoms with Crippen LogP contribution in [-0.2, 0) is 16.0 Å². The molecule has 1 aliphatic rings. The van der Waals surface area contributed by atoms with E-state index in [9.17, 15) is 14.9 Å². The minimum Gasteiger partial charge on any atom is -0.494 e. The molecule has 246 valence electrons. The molecule has 2 aromatic heterocycles. The second-order valence-electron chi connectivity index (χ2n) is 13.4. The Hall–Kier alpha value is -5.24. The first kappa shape index (κ1) is 33.1. The van der Waals surface area contributed by atoms with E-state index in [2.05, 4.69) is 16.5 Å². The average Bonchev–Trinajstić information content (AvgIpc) is 3.47. The molecule has 47 heavy (non-hydrogen) atoms. The summed E-state index contributed by atoms with van der Waals surface area (Å²) in [5.41, 5.74) is 3.00. The zero-order chi connectivity index (χ0) is 34.1. The number of nitrogens with one attached hydrogen (secondary N) is 1. The van der Waals surface area contributed by atoms with E-state index in [1.54, 1.807) is 66.7 Å². The van der Waals surface area contributed by atoms with Crippen molar-refractivity contribution in [3.63, 3.8) is 0 Å². The number of amides is 2. The van der Waals surface area contributed by atoms with Crippen LogP contribution in [0.4, 0.5) is 26.8 Å². The number of carbonyl (C=O) groups is 2. The monoisotopic (exact) mass is 638 g/mol. The third-order valence-corrected chi connectivity index (χ3v) is 7.53. The highest BCUT2D eigenvalue weighted by atomic mass is 16.6. The molecule has 1 unspecified atom stereocenters. The molecular formula is C36H42N6O5. The Kier molecular flexibility index (Phi) is 9.07. The van der Waals surface area contributed by atoms with Crippen molar-refractivity contribution in [3.8, 4) is 11.8 Å². The van der Waals surface area contributed by atoms with Gasteiger partial charge in [-0.15, -0.1) is 0 Å². The molecule has 3 heterocycles. The smallest absolute Gasteiger partial charge is 0.420 e. The molecule has 0 aliphatic carbocycles. The Bertz CT molecular complexity index is 1830. The van der Waals surface area contributed by atoms with Crippen LogP contribution in [0.3, 0.4) is 0 Å². The van der Waals surface area contributed by atoms with E-state index < -0.39 is 29.4 Å². The third kappa shape index (κ3) is 7.12. The van der Waals surface area contributed by atoms with E-state index in [0.29, 0.717) is 59.3 Å². The molecule has 1 aliphatic heterocycles. The lowest BCUT2D eigenvalue weighted by molar-refractivity contribution is 0.0210. The van der Waals surface area contributed by atoms with Gasteiger partial charge in [0.15, 0.2) is 0 Å². The van der Waals surface area contributed by atoms with Crippen molar-refractivity contribution in [1.82, 2.24) is 14.5 Å². The number of hydrogen-bond acceptors (Lipinski definition) is 8. The quantitative estimate of drug-likeness (QED) is 0.226. The summed E-state index contributed by atoms with van der Waals surface area (Å²) in [6, 6.07) is 18.7. The summed E-state index contributed by atoms with van der Waals surface area (Å²) >= 11 is 0. The number of nitrogens with zero attached hydrogens (tertiary/aromatic N) is 5. The molecule has 1 N–H and O–H groups in total. The Morgan fingerprint density at radius 1 is 1.02 bits per heavy atom. The molecule has 0 fully saturated rings. The number of rotatable bonds is 6. The lowest BCUT2D eigenvalue weighted by atomic mass is 9.94. The van der Waals surface area contributed by atoms with Gasteiger partial charge < -0.3 is 24.4 Å². The lowest BCUT2D eigenvalue weighted by Gasteiger charge is -2.37. The molecule has 4 aromatic rings. The van der Waals surface area contributed by atoms with Gasteiger partial charge in [-0.25, -0.2) is 19.0 Å². The number of ether oxygens (including phenoxy) is 3. The Balaban J connectivity index is 1.67. The molecule has 2 amide bonds. The number of pyridine rings is 1. The molecule has 0 saturated carbocycles. The molecular weight excluding hydrogens is 596 g/mol. The summed E-state index contributed by atoms with van der Waals surface area (Å²) < 4.78 is 18.9. The molecule has 2 aromatic carbocycles. The van der Waals surface area contributed by atoms with Gasteiger partial charge in [0, 0.05) is 18.7 Å². The molecule has 1 atom stereocenters. The maximum Gasteiger partial charge on any atom is 0.420 e. The van der Waals surface area contributed by atoms with Crippen molar-refractivity contribution < 1.29 is 23.8 Å². The minimum atomic E-state index is -0.789. The molecule has 0 spiro atoms. The zero-order valence-corrected chi connectivity index (χ0v) is 28.2. The van der Waals surface area contributed by atoms with Crippen molar-refractivity contribution in [1.29, 1.82) is 5.26 Å². The Morgan fingerprint density at radius 3 is 2.34 bits per heavy atom. The van der Waals surface area contributed by atoms with Gasteiger partial charge in [0.2, 0.25) is 0 Å². The fourth-order valence-corrected chi connectivity index (χ4v) is 5.65. The van der Waals surface area contributed by atoms with Crippen LogP contribution in [0.5, 0.6) is 5.75 Å². The van der Waals surface area contributed by atoms with Crippen LogP contribution in [0.1, 0.15) is 76.8 Å². The van der Waals surface area contributed by atoms with E-state index >= 15 is 0 Å². The van der Waals surface area contributed by atoms with Crippen molar-refractivity contribution in [3.05, 3.63) is 83.0 Å². The largest absolute Gasteiger partial charge is 0.494 e. The molecule has 5 rings (SSSR count). The van der Waals surface area contributed by atoms with E-state index in [1.165, 1.54) is 4.90 Å². The zero-order valence-electron chi connectivity index (χ0n) is 28.2. The first-order valence-corrected chi connectivity index (χ1v) is 15.7. The van der Waals surface area contributed by atoms with Crippen molar-refractivity contribution in [2.45, 2.75) is 79.2 Å². The number of nitriles is 1. The van der Waals surface area contributed by atoms with Gasteiger partial charge >= 0.3 is 12.2 Å². The highest BCUT2D eigenvalue weighted by molar-refractivity contribution is 5.98. The molecule has 0 radical (unpaired) electrons. The van der Waals surface area contributed by atoms with E-state index in [0.717, 1.165) is 11.1 Å². The van der Waals surface area contributed by atoms with Crippen LogP contribution in [-0.4, -0.2) is 51.1 Å². The van der Waals surface area contributed by atoms with E-state index in [-0.39, 0.29) is 0 Å². The summed E-state index contributed by atoms with van der Waals surface area (Å²) in [5, 5.41) is 18.7. The predicted molar refractivity (Wildman–Crippen MR) is 180 cm³/mol. The van der Waals surface area contributed by atoms with Crippen LogP contribution in [0.2, 0.25) is 0 Å². The maximum atomic E-state index is 14.0. The molecule has 11 nitrogen and oxygen atoms in total. The van der Waals surface area contributed by atoms with E-state index in [1.807, 2.05) is 58.9 Å². The van der Waals surface area contributed by atoms with Gasteiger partial charge in [-0.05, 0) is 96.8 Å². The SMILES string of the molecule is CCOc1ccc(N(C(=O)OC(C)(C)C)c2c(C)c(NC3CN(C(=O)OC(C)(C)C)Cc4ccccc43)c(C#N)c3ccnn23)cc1. The van der Waals surface area contributed by atoms with Crippen LogP contribution >= 0.6 is 0 Å². The Labute approximate surface area is 275 Å². The van der Waals surface area contributed by atoms with Crippen LogP contribution in [0.15, 0.2) is 60.8 Å². The second kappa shape index (κ2) is 12.9. The number of hydrogen-bond donors (Lipinski definition) is 1. The van der Waals surface area contributed by atoms with Crippen LogP contribution in [0, 0.1) is 18.3 Å². The number of aromatic nitrogens is 2. The van der Waals surface area contributed by atoms with Gasteiger partial charge in [0.05, 0.1) is 35.7 Å². The molecule has 0 saturated heterocycles. The highest BCUT2D eigenvalue weighted by Gasteiger charge is 2.34. The number of fused-ring (bicyclic) bond motifs is 2. The molecule has 11 heteroatoms. The average molecular weight is 639 g/mol. The van der Waals surface area contributed by atoms with Gasteiger partial charge in [0.25, 0.3) is 0 Å². The Morgan fingerprint density at radius 2 is 1.70 bits per heavy atom. The standard InChI is InChI=1S/C36H42N6O5/c1-9-45-26-16-14-25(15-17-26)41(34(44)47-36(6,7)8)32-23(2)31(28(20-37)30-18-19-38-42(30)32)39-29-22-40(33(43)46-35(3,4)5)21-24-12-10-11-13-27(24)29/h10-19,29,39H,9,21-22H2,1-8H3. The lowest BCUT2D eigenvalue weighted by Crippen LogP contribution is -2.43. The summed E-state index contributed by atoms with van der Waals surface area (Å²) in [6.07, 6.45) is 0.556. The van der Waals surface area contributed by atoms with Crippen molar-refractivity contribution >= 4 is 34.9 Å². The minimum absolute atomic E-state index is 0.296. The first-order valence-electron chi connectivity index (χ1n) is 15.7. The van der Waals surface area contributed by atoms with Crippen LogP contribution < -0.4 is 15.0 Å². The fourth-order valence-electron chi connectivity index (χ4n) is 5.65. The van der Waals surface area contributed by atoms with E-state index in [4.69, 9.17) is 14.2 Å². The first-order chi connectivity index (χ1) is 22.2. The predicted octanol–water partition coefficient (Wildman–Crippen LogP) is 7.89. The van der Waals surface area contributed by atoms with Crippen molar-refractivity contribution in [2.24, 2.45) is 0 Å². The maximum absolute atomic E-state index is 14.0. The summed E-state index contributed by atoms with van der Waals surface area (Å²) in [6.45, 7) is 15.9.